The quantitative estimate of drug-likeness (QED) is 0.156. The van der Waals surface area contributed by atoms with Crippen molar-refractivity contribution in [1.82, 2.24) is 10.6 Å². The maximum absolute atomic E-state index is 12.9. The zero-order chi connectivity index (χ0) is 51.3. The molecule has 2 fully saturated rings. The summed E-state index contributed by atoms with van der Waals surface area (Å²) in [6.45, 7) is 7.01. The summed E-state index contributed by atoms with van der Waals surface area (Å²) in [5.41, 5.74) is 11.6. The number of fused-ring (bicyclic) bond motifs is 2. The predicted molar refractivity (Wildman–Crippen MR) is 255 cm³/mol. The SMILES string of the molecule is CC1OC(OC2/C=C/C=C/C=C/C=C/C=C/C=C/C=C/[C@H](C)C(O)[C@@H](C)[C@H](C)OC(=O)CC(O)CC(O)CCC(O)C(O)CC(O)CC3(O)C[C@H](O)C(NC(=O)NCCN)[C@H](C2)O3)C(O)C(N)C1O. The van der Waals surface area contributed by atoms with Gasteiger partial charge in [-0.2, -0.15) is 0 Å². The number of carbonyl (C=O) groups excluding carboxylic acids is 2. The summed E-state index contributed by atoms with van der Waals surface area (Å²) in [5.74, 6) is -3.71. The third kappa shape index (κ3) is 20.9. The van der Waals surface area contributed by atoms with E-state index in [1.54, 1.807) is 75.5 Å². The van der Waals surface area contributed by atoms with Crippen LogP contribution >= 0.6 is 0 Å². The molecule has 3 rings (SSSR count). The lowest BCUT2D eigenvalue weighted by molar-refractivity contribution is -0.303. The standard InChI is InChI=1S/C49H80N4O16/c1-29-17-15-13-11-9-7-5-6-8-10-12-14-16-18-36(68-47-46(63)42(51)45(62)32(4)67-47)26-40-43(53-48(64)52-22-21-50)39(59)28-49(65,69-40)27-35(56)24-38(58)37(57)20-19-33(54)23-34(55)25-41(60)66-31(3)30(2)44(29)61/h5-18,29-40,42-47,54-59,61-63,65H,19-28,50-51H2,1-4H3,(H2,52,53,64)/b6-5+,9-7+,10-8+,13-11+,14-12+,17-15+,18-16+/t29-,30-,31-,32?,33?,34?,35?,36?,37?,38?,39-,40-,42?,43?,44?,45?,46?,47?,49?/m0/s1. The Kier molecular flexibility index (Phi) is 26.1. The minimum Gasteiger partial charge on any atom is -0.462 e. The third-order valence-electron chi connectivity index (χ3n) is 12.5. The van der Waals surface area contributed by atoms with Crippen LogP contribution in [0.2, 0.25) is 0 Å². The highest BCUT2D eigenvalue weighted by molar-refractivity contribution is 5.74. The van der Waals surface area contributed by atoms with E-state index in [1.165, 1.54) is 0 Å². The summed E-state index contributed by atoms with van der Waals surface area (Å²) in [7, 11) is 0. The third-order valence-corrected chi connectivity index (χ3v) is 12.5. The Hall–Kier alpha value is -3.68. The highest BCUT2D eigenvalue weighted by Gasteiger charge is 2.49. The van der Waals surface area contributed by atoms with Crippen molar-refractivity contribution in [2.24, 2.45) is 23.3 Å². The zero-order valence-electron chi connectivity index (χ0n) is 40.1. The molecule has 3 aliphatic rings. The van der Waals surface area contributed by atoms with Crippen molar-refractivity contribution < 1.29 is 79.6 Å². The predicted octanol–water partition coefficient (Wildman–Crippen LogP) is -0.363. The Bertz CT molecular complexity index is 1750. The minimum atomic E-state index is -2.26. The van der Waals surface area contributed by atoms with Crippen molar-refractivity contribution in [2.45, 2.75) is 183 Å². The van der Waals surface area contributed by atoms with Crippen LogP contribution in [-0.4, -0.2) is 180 Å². The molecular weight excluding hydrogens is 901 g/mol. The van der Waals surface area contributed by atoms with Gasteiger partial charge in [-0.05, 0) is 33.1 Å². The van der Waals surface area contributed by atoms with Crippen LogP contribution in [0.25, 0.3) is 0 Å². The van der Waals surface area contributed by atoms with E-state index < -0.39 is 147 Å². The highest BCUT2D eigenvalue weighted by atomic mass is 16.7. The molecule has 2 saturated heterocycles. The van der Waals surface area contributed by atoms with E-state index in [9.17, 15) is 60.7 Å². The summed E-state index contributed by atoms with van der Waals surface area (Å²) >= 11 is 0. The van der Waals surface area contributed by atoms with Crippen molar-refractivity contribution >= 4 is 12.0 Å². The lowest BCUT2D eigenvalue weighted by Gasteiger charge is -2.46. The van der Waals surface area contributed by atoms with E-state index in [1.807, 2.05) is 37.3 Å². The summed E-state index contributed by atoms with van der Waals surface area (Å²) in [6, 6.07) is -3.01. The first-order valence-electron chi connectivity index (χ1n) is 23.9. The lowest BCUT2D eigenvalue weighted by Crippen LogP contribution is -2.64. The van der Waals surface area contributed by atoms with Gasteiger partial charge in [0.2, 0.25) is 0 Å². The normalized spacial score (nSPS) is 43.4. The molecule has 2 amide bonds. The molecule has 0 aromatic carbocycles. The number of nitrogens with one attached hydrogen (secondary N) is 2. The van der Waals surface area contributed by atoms with E-state index >= 15 is 0 Å². The van der Waals surface area contributed by atoms with Crippen molar-refractivity contribution in [3.63, 3.8) is 0 Å². The van der Waals surface area contributed by atoms with Gasteiger partial charge in [0.15, 0.2) is 12.1 Å². The monoisotopic (exact) mass is 981 g/mol. The number of cyclic esters (lactones) is 1. The molecule has 0 spiro atoms. The van der Waals surface area contributed by atoms with Crippen LogP contribution in [0.15, 0.2) is 85.1 Å². The minimum absolute atomic E-state index is 0.0965. The van der Waals surface area contributed by atoms with E-state index in [2.05, 4.69) is 10.6 Å². The second-order valence-electron chi connectivity index (χ2n) is 18.4. The van der Waals surface area contributed by atoms with Crippen LogP contribution < -0.4 is 22.1 Å². The van der Waals surface area contributed by atoms with Crippen molar-refractivity contribution in [2.75, 3.05) is 13.1 Å². The van der Waals surface area contributed by atoms with Gasteiger partial charge in [-0.15, -0.1) is 0 Å². The molecule has 20 nitrogen and oxygen atoms in total. The number of nitrogens with two attached hydrogens (primary N) is 2. The topological polar surface area (TPSA) is 349 Å². The van der Waals surface area contributed by atoms with Gasteiger partial charge in [-0.3, -0.25) is 4.79 Å². The van der Waals surface area contributed by atoms with E-state index in [4.69, 9.17) is 30.4 Å². The maximum atomic E-state index is 12.9. The fourth-order valence-electron chi connectivity index (χ4n) is 8.22. The second kappa shape index (κ2) is 30.3. The highest BCUT2D eigenvalue weighted by Crippen LogP contribution is 2.35. The summed E-state index contributed by atoms with van der Waals surface area (Å²) in [6.07, 6.45) is 4.85. The summed E-state index contributed by atoms with van der Waals surface area (Å²) in [5, 5.41) is 115. The molecule has 0 radical (unpaired) electrons. The average Bonchev–Trinajstić information content (AvgIpc) is 3.28. The number of amides is 2. The van der Waals surface area contributed by atoms with Crippen LogP contribution in [0, 0.1) is 11.8 Å². The van der Waals surface area contributed by atoms with E-state index in [-0.39, 0.29) is 44.7 Å². The maximum Gasteiger partial charge on any atom is 0.315 e. The Balaban J connectivity index is 1.91. The first-order chi connectivity index (χ1) is 32.6. The molecule has 0 aromatic heterocycles. The number of aliphatic hydroxyl groups is 10. The lowest BCUT2D eigenvalue weighted by atomic mass is 9.87. The van der Waals surface area contributed by atoms with Gasteiger partial charge in [0.05, 0.1) is 85.6 Å². The number of carbonyl (C=O) groups is 2. The van der Waals surface area contributed by atoms with Crippen LogP contribution in [0.1, 0.15) is 79.1 Å². The average molecular weight is 981 g/mol. The second-order valence-corrected chi connectivity index (χ2v) is 18.4. The largest absolute Gasteiger partial charge is 0.462 e. The Labute approximate surface area is 405 Å². The molecule has 0 saturated carbocycles. The van der Waals surface area contributed by atoms with Crippen LogP contribution in [0.5, 0.6) is 0 Å². The molecule has 3 heterocycles. The molecule has 392 valence electrons. The van der Waals surface area contributed by atoms with E-state index in [0.29, 0.717) is 0 Å². The van der Waals surface area contributed by atoms with Crippen molar-refractivity contribution in [3.05, 3.63) is 85.1 Å². The van der Waals surface area contributed by atoms with Gasteiger partial charge in [0.1, 0.15) is 12.2 Å². The van der Waals surface area contributed by atoms with E-state index in [0.717, 1.165) is 0 Å². The van der Waals surface area contributed by atoms with Crippen LogP contribution in [-0.2, 0) is 23.7 Å². The number of esters is 1. The number of aliphatic hydroxyl groups excluding tert-OH is 9. The molecule has 69 heavy (non-hydrogen) atoms. The van der Waals surface area contributed by atoms with Gasteiger partial charge in [-0.25, -0.2) is 4.79 Å². The molecule has 16 N–H and O–H groups in total. The number of rotatable bonds is 5. The van der Waals surface area contributed by atoms with Gasteiger partial charge < -0.3 is 92.1 Å². The van der Waals surface area contributed by atoms with Crippen LogP contribution in [0.3, 0.4) is 0 Å². The smallest absolute Gasteiger partial charge is 0.315 e. The number of allylic oxidation sites excluding steroid dienone is 12. The number of hydrogen-bond donors (Lipinski definition) is 14. The van der Waals surface area contributed by atoms with Gasteiger partial charge in [-0.1, -0.05) is 98.9 Å². The van der Waals surface area contributed by atoms with Crippen molar-refractivity contribution in [1.29, 1.82) is 0 Å². The number of ether oxygens (including phenoxy) is 4. The Morgan fingerprint density at radius 3 is 1.91 bits per heavy atom. The molecular formula is C49H80N4O16. The zero-order valence-corrected chi connectivity index (χ0v) is 40.1. The number of urea groups is 1. The first kappa shape index (κ1) is 59.6. The van der Waals surface area contributed by atoms with Gasteiger partial charge in [0, 0.05) is 50.6 Å². The van der Waals surface area contributed by atoms with Gasteiger partial charge >= 0.3 is 12.0 Å². The first-order valence-corrected chi connectivity index (χ1v) is 23.9. The molecule has 14 unspecified atom stereocenters. The molecule has 0 aliphatic carbocycles. The fourth-order valence-corrected chi connectivity index (χ4v) is 8.22. The van der Waals surface area contributed by atoms with Gasteiger partial charge in [0.25, 0.3) is 0 Å². The fraction of sp³-hybridized carbons (Fsp3) is 0.673. The summed E-state index contributed by atoms with van der Waals surface area (Å²) in [4.78, 5) is 25.6. The number of hydrogen-bond acceptors (Lipinski definition) is 18. The van der Waals surface area contributed by atoms with Crippen LogP contribution in [0.4, 0.5) is 4.79 Å². The molecule has 2 bridgehead atoms. The van der Waals surface area contributed by atoms with Crippen molar-refractivity contribution in [3.8, 4) is 0 Å². The Morgan fingerprint density at radius 1 is 0.710 bits per heavy atom. The molecule has 3 aliphatic heterocycles. The Morgan fingerprint density at radius 2 is 1.30 bits per heavy atom. The molecule has 20 heteroatoms. The summed E-state index contributed by atoms with van der Waals surface area (Å²) < 4.78 is 23.6. The molecule has 19 atom stereocenters. The molecule has 0 aromatic rings.